The van der Waals surface area contributed by atoms with Gasteiger partial charge in [0.05, 0.1) is 6.61 Å². The van der Waals surface area contributed by atoms with E-state index in [1.807, 2.05) is 0 Å². The Morgan fingerprint density at radius 2 is 1.85 bits per heavy atom. The monoisotopic (exact) mass is 283 g/mol. The lowest BCUT2D eigenvalue weighted by molar-refractivity contribution is -0.142. The summed E-state index contributed by atoms with van der Waals surface area (Å²) in [5.41, 5.74) is 0. The predicted molar refractivity (Wildman–Crippen MR) is 81.3 cm³/mol. The number of ether oxygens (including phenoxy) is 1. The second-order valence-corrected chi connectivity index (χ2v) is 4.76. The summed E-state index contributed by atoms with van der Waals surface area (Å²) < 4.78 is 5.01. The second-order valence-electron chi connectivity index (χ2n) is 4.76. The zero-order valence-corrected chi connectivity index (χ0v) is 12.7. The van der Waals surface area contributed by atoms with E-state index in [0.29, 0.717) is 13.0 Å². The number of nitrogens with one attached hydrogen (secondary N) is 1. The molecule has 0 saturated heterocycles. The van der Waals surface area contributed by atoms with Gasteiger partial charge in [-0.05, 0) is 25.8 Å². The highest BCUT2D eigenvalue weighted by Gasteiger charge is 2.01. The molecule has 0 radical (unpaired) electrons. The van der Waals surface area contributed by atoms with Crippen LogP contribution in [0.15, 0.2) is 0 Å². The Morgan fingerprint density at radius 1 is 1.10 bits per heavy atom. The van der Waals surface area contributed by atoms with Crippen molar-refractivity contribution in [2.24, 2.45) is 0 Å². The fourth-order valence-electron chi connectivity index (χ4n) is 1.71. The summed E-state index contributed by atoms with van der Waals surface area (Å²) in [5.74, 6) is 5.64. The molecule has 0 aliphatic carbocycles. The van der Waals surface area contributed by atoms with Crippen LogP contribution in [-0.4, -0.2) is 37.4 Å². The lowest BCUT2D eigenvalue weighted by Crippen LogP contribution is -2.19. The van der Waals surface area contributed by atoms with E-state index >= 15 is 0 Å². The van der Waals surface area contributed by atoms with Gasteiger partial charge >= 0.3 is 5.97 Å². The van der Waals surface area contributed by atoms with Crippen molar-refractivity contribution in [1.82, 2.24) is 5.32 Å². The van der Waals surface area contributed by atoms with Crippen LogP contribution in [0.2, 0.25) is 0 Å². The van der Waals surface area contributed by atoms with E-state index in [4.69, 9.17) is 9.84 Å². The number of carbonyl (C=O) groups is 1. The first-order chi connectivity index (χ1) is 9.81. The smallest absolute Gasteiger partial charge is 0.306 e. The van der Waals surface area contributed by atoms with E-state index < -0.39 is 0 Å². The van der Waals surface area contributed by atoms with Crippen LogP contribution in [0.1, 0.15) is 58.3 Å². The van der Waals surface area contributed by atoms with Gasteiger partial charge in [0.15, 0.2) is 6.61 Å². The molecule has 0 spiro atoms. The highest BCUT2D eigenvalue weighted by Crippen LogP contribution is 2.05. The number of unbranched alkanes of at least 4 members (excludes halogenated alkanes) is 5. The maximum atomic E-state index is 11.4. The molecule has 4 heteroatoms. The average Bonchev–Trinajstić information content (AvgIpc) is 2.45. The molecule has 116 valence electrons. The standard InChI is InChI=1S/C16H29NO3/c1-2-3-4-10-15-20-16(19)11-8-6-5-7-9-12-17-13-14-18/h17-18H,2-3,5-9,11-15H2,1H3. The van der Waals surface area contributed by atoms with Gasteiger partial charge in [-0.15, -0.1) is 0 Å². The first-order valence-corrected chi connectivity index (χ1v) is 7.74. The van der Waals surface area contributed by atoms with Crippen molar-refractivity contribution < 1.29 is 14.6 Å². The Hall–Kier alpha value is -1.05. The van der Waals surface area contributed by atoms with Gasteiger partial charge in [0.2, 0.25) is 0 Å². The summed E-state index contributed by atoms with van der Waals surface area (Å²) in [5, 5.41) is 11.7. The first kappa shape index (κ1) is 18.9. The van der Waals surface area contributed by atoms with E-state index in [2.05, 4.69) is 24.1 Å². The van der Waals surface area contributed by atoms with Crippen molar-refractivity contribution in [2.45, 2.75) is 58.3 Å². The van der Waals surface area contributed by atoms with E-state index in [1.165, 1.54) is 0 Å². The molecule has 0 unspecified atom stereocenters. The van der Waals surface area contributed by atoms with Crippen LogP contribution in [0.25, 0.3) is 0 Å². The molecule has 0 aliphatic heterocycles. The van der Waals surface area contributed by atoms with Crippen molar-refractivity contribution in [3.05, 3.63) is 0 Å². The maximum Gasteiger partial charge on any atom is 0.306 e. The van der Waals surface area contributed by atoms with E-state index in [-0.39, 0.29) is 19.2 Å². The summed E-state index contributed by atoms with van der Waals surface area (Å²) >= 11 is 0. The second kappa shape index (κ2) is 16.0. The minimum Gasteiger partial charge on any atom is -0.452 e. The van der Waals surface area contributed by atoms with Gasteiger partial charge in [-0.3, -0.25) is 4.79 Å². The lowest BCUT2D eigenvalue weighted by Gasteiger charge is -2.03. The molecule has 0 aromatic carbocycles. The van der Waals surface area contributed by atoms with E-state index in [9.17, 15) is 4.79 Å². The first-order valence-electron chi connectivity index (χ1n) is 7.74. The van der Waals surface area contributed by atoms with Crippen molar-refractivity contribution in [3.63, 3.8) is 0 Å². The summed E-state index contributed by atoms with van der Waals surface area (Å²) in [6.45, 7) is 4.13. The molecule has 0 rings (SSSR count). The molecule has 0 amide bonds. The molecule has 0 atom stereocenters. The molecule has 0 aromatic rings. The van der Waals surface area contributed by atoms with Gasteiger partial charge in [-0.2, -0.15) is 0 Å². The van der Waals surface area contributed by atoms with Crippen LogP contribution in [-0.2, 0) is 9.53 Å². The van der Waals surface area contributed by atoms with Crippen molar-refractivity contribution in [2.75, 3.05) is 26.3 Å². The zero-order valence-electron chi connectivity index (χ0n) is 12.7. The third-order valence-electron chi connectivity index (χ3n) is 2.83. The van der Waals surface area contributed by atoms with Crippen molar-refractivity contribution in [1.29, 1.82) is 0 Å². The van der Waals surface area contributed by atoms with E-state index in [1.54, 1.807) is 0 Å². The Bertz CT molecular complexity index is 281. The highest BCUT2D eigenvalue weighted by atomic mass is 16.5. The summed E-state index contributed by atoms with van der Waals surface area (Å²) in [6, 6.07) is 0. The Balaban J connectivity index is 3.21. The van der Waals surface area contributed by atoms with Gasteiger partial charge in [-0.1, -0.05) is 38.0 Å². The minimum absolute atomic E-state index is 0.139. The summed E-state index contributed by atoms with van der Waals surface area (Å²) in [6.07, 6.45) is 7.79. The molecule has 0 heterocycles. The molecule has 0 fully saturated rings. The number of hydrogen-bond donors (Lipinski definition) is 2. The average molecular weight is 283 g/mol. The number of carbonyl (C=O) groups excluding carboxylic acids is 1. The van der Waals surface area contributed by atoms with Gasteiger partial charge in [0, 0.05) is 19.4 Å². The predicted octanol–water partition coefficient (Wildman–Crippen LogP) is 2.26. The van der Waals surface area contributed by atoms with Crippen LogP contribution in [0.5, 0.6) is 0 Å². The third kappa shape index (κ3) is 15.0. The molecular formula is C16H29NO3. The quantitative estimate of drug-likeness (QED) is 0.328. The van der Waals surface area contributed by atoms with E-state index in [0.717, 1.165) is 51.5 Å². The molecule has 2 N–H and O–H groups in total. The fourth-order valence-corrected chi connectivity index (χ4v) is 1.71. The number of hydrogen-bond acceptors (Lipinski definition) is 4. The molecule has 0 saturated carbocycles. The molecular weight excluding hydrogens is 254 g/mol. The number of aliphatic hydroxyl groups excluding tert-OH is 1. The number of aliphatic hydroxyl groups is 1. The van der Waals surface area contributed by atoms with Gasteiger partial charge < -0.3 is 15.2 Å². The molecule has 20 heavy (non-hydrogen) atoms. The molecule has 0 aromatic heterocycles. The molecule has 0 bridgehead atoms. The van der Waals surface area contributed by atoms with Gasteiger partial charge in [-0.25, -0.2) is 0 Å². The van der Waals surface area contributed by atoms with Gasteiger partial charge in [0.25, 0.3) is 0 Å². The van der Waals surface area contributed by atoms with Crippen LogP contribution in [0, 0.1) is 11.8 Å². The largest absolute Gasteiger partial charge is 0.452 e. The van der Waals surface area contributed by atoms with Crippen LogP contribution in [0.4, 0.5) is 0 Å². The van der Waals surface area contributed by atoms with Crippen molar-refractivity contribution >= 4 is 5.97 Å². The third-order valence-corrected chi connectivity index (χ3v) is 2.83. The maximum absolute atomic E-state index is 11.4. The highest BCUT2D eigenvalue weighted by molar-refractivity contribution is 5.69. The SMILES string of the molecule is CCCC#CCOC(=O)CCCCCCCNCCO. The molecule has 0 aliphatic rings. The Morgan fingerprint density at radius 3 is 2.60 bits per heavy atom. The number of esters is 1. The van der Waals surface area contributed by atoms with Crippen LogP contribution in [0.3, 0.4) is 0 Å². The number of rotatable bonds is 12. The normalized spacial score (nSPS) is 9.90. The zero-order chi connectivity index (χ0) is 14.9. The Labute approximate surface area is 123 Å². The van der Waals surface area contributed by atoms with Gasteiger partial charge in [0.1, 0.15) is 0 Å². The Kier molecular flexibility index (Phi) is 15.2. The van der Waals surface area contributed by atoms with Crippen molar-refractivity contribution in [3.8, 4) is 11.8 Å². The molecule has 4 nitrogen and oxygen atoms in total. The van der Waals surface area contributed by atoms with Crippen LogP contribution >= 0.6 is 0 Å². The summed E-state index contributed by atoms with van der Waals surface area (Å²) in [4.78, 5) is 11.4. The summed E-state index contributed by atoms with van der Waals surface area (Å²) in [7, 11) is 0. The lowest BCUT2D eigenvalue weighted by atomic mass is 10.1. The topological polar surface area (TPSA) is 58.6 Å². The van der Waals surface area contributed by atoms with Crippen LogP contribution < -0.4 is 5.32 Å². The fraction of sp³-hybridized carbons (Fsp3) is 0.812. The minimum atomic E-state index is -0.139.